The summed E-state index contributed by atoms with van der Waals surface area (Å²) < 4.78 is 43.1. The minimum Gasteiger partial charge on any atom is -0.384 e. The Hall–Kier alpha value is -0.980. The highest BCUT2D eigenvalue weighted by molar-refractivity contribution is 5.75. The number of nitrogens with zero attached hydrogens (tertiary/aromatic N) is 1. The zero-order valence-electron chi connectivity index (χ0n) is 8.40. The summed E-state index contributed by atoms with van der Waals surface area (Å²) >= 11 is 0. The smallest absolute Gasteiger partial charge is 0.384 e. The molecule has 15 heavy (non-hydrogen) atoms. The number of halogens is 3. The van der Waals surface area contributed by atoms with Crippen molar-refractivity contribution in [2.24, 2.45) is 11.1 Å². The molecule has 1 aliphatic rings. The molecule has 7 heteroatoms. The second-order valence-corrected chi connectivity index (χ2v) is 3.77. The van der Waals surface area contributed by atoms with E-state index in [1.807, 2.05) is 0 Å². The van der Waals surface area contributed by atoms with Gasteiger partial charge in [-0.1, -0.05) is 0 Å². The van der Waals surface area contributed by atoms with Crippen molar-refractivity contribution in [3.8, 4) is 0 Å². The number of methoxy groups -OCH3 is 1. The molecule has 1 aliphatic heterocycles. The fourth-order valence-electron chi connectivity index (χ4n) is 1.79. The van der Waals surface area contributed by atoms with Crippen molar-refractivity contribution in [2.45, 2.75) is 12.6 Å². The van der Waals surface area contributed by atoms with Gasteiger partial charge in [0.2, 0.25) is 0 Å². The Labute approximate surface area is 85.7 Å². The van der Waals surface area contributed by atoms with Gasteiger partial charge in [-0.25, -0.2) is 0 Å². The molecule has 88 valence electrons. The Kier molecular flexibility index (Phi) is 3.13. The van der Waals surface area contributed by atoms with Gasteiger partial charge in [0, 0.05) is 20.2 Å². The summed E-state index contributed by atoms with van der Waals surface area (Å²) in [5, 5.41) is 7.10. The average molecular weight is 225 g/mol. The van der Waals surface area contributed by atoms with Gasteiger partial charge in [0.05, 0.1) is 6.61 Å². The van der Waals surface area contributed by atoms with E-state index in [0.29, 0.717) is 0 Å². The zero-order chi connectivity index (χ0) is 11.7. The molecule has 3 N–H and O–H groups in total. The molecule has 1 saturated heterocycles. The first-order chi connectivity index (χ1) is 6.82. The van der Waals surface area contributed by atoms with E-state index in [4.69, 9.17) is 11.1 Å². The standard InChI is InChI=1S/C8H14F3N3O/c1-15-5-7(8(9,10)11)2-3-14(4-7)6(12)13/h2-5H2,1H3,(H3,12,13)/t7-/m1/s1. The molecule has 0 amide bonds. The number of nitrogens with one attached hydrogen (secondary N) is 1. The third-order valence-electron chi connectivity index (χ3n) is 2.72. The topological polar surface area (TPSA) is 62.3 Å². The van der Waals surface area contributed by atoms with Gasteiger partial charge in [0.1, 0.15) is 5.41 Å². The number of likely N-dealkylation sites (tertiary alicyclic amines) is 1. The Bertz CT molecular complexity index is 256. The first-order valence-electron chi connectivity index (χ1n) is 4.47. The highest BCUT2D eigenvalue weighted by Gasteiger charge is 2.58. The van der Waals surface area contributed by atoms with E-state index in [1.165, 1.54) is 12.0 Å². The molecule has 4 nitrogen and oxygen atoms in total. The summed E-state index contributed by atoms with van der Waals surface area (Å²) in [6, 6.07) is 0. The molecular weight excluding hydrogens is 211 g/mol. The van der Waals surface area contributed by atoms with Crippen molar-refractivity contribution in [3.63, 3.8) is 0 Å². The monoisotopic (exact) mass is 225 g/mol. The molecule has 1 rings (SSSR count). The van der Waals surface area contributed by atoms with Crippen LogP contribution in [0, 0.1) is 10.8 Å². The molecule has 0 aromatic rings. The van der Waals surface area contributed by atoms with Crippen molar-refractivity contribution in [1.82, 2.24) is 4.90 Å². The van der Waals surface area contributed by atoms with E-state index in [2.05, 4.69) is 4.74 Å². The quantitative estimate of drug-likeness (QED) is 0.539. The normalized spacial score (nSPS) is 27.1. The Morgan fingerprint density at radius 1 is 1.60 bits per heavy atom. The van der Waals surface area contributed by atoms with Crippen molar-refractivity contribution >= 4 is 5.96 Å². The molecule has 0 spiro atoms. The highest BCUT2D eigenvalue weighted by atomic mass is 19.4. The first-order valence-corrected chi connectivity index (χ1v) is 4.47. The van der Waals surface area contributed by atoms with E-state index in [1.54, 1.807) is 0 Å². The summed E-state index contributed by atoms with van der Waals surface area (Å²) in [6.07, 6.45) is -4.41. The maximum atomic E-state index is 12.8. The summed E-state index contributed by atoms with van der Waals surface area (Å²) in [6.45, 7) is -0.530. The molecule has 0 radical (unpaired) electrons. The minimum atomic E-state index is -4.33. The van der Waals surface area contributed by atoms with Gasteiger partial charge in [-0.3, -0.25) is 5.41 Å². The van der Waals surface area contributed by atoms with Crippen LogP contribution in [0.25, 0.3) is 0 Å². The second-order valence-electron chi connectivity index (χ2n) is 3.77. The lowest BCUT2D eigenvalue weighted by Crippen LogP contribution is -2.46. The van der Waals surface area contributed by atoms with E-state index >= 15 is 0 Å². The van der Waals surface area contributed by atoms with Crippen LogP contribution in [0.4, 0.5) is 13.2 Å². The van der Waals surface area contributed by atoms with Crippen LogP contribution >= 0.6 is 0 Å². The summed E-state index contributed by atoms with van der Waals surface area (Å²) in [5.41, 5.74) is 3.28. The molecular formula is C8H14F3N3O. The second kappa shape index (κ2) is 3.88. The van der Waals surface area contributed by atoms with Gasteiger partial charge in [-0.15, -0.1) is 0 Å². The highest BCUT2D eigenvalue weighted by Crippen LogP contribution is 2.45. The van der Waals surface area contributed by atoms with Crippen LogP contribution in [0.1, 0.15) is 6.42 Å². The van der Waals surface area contributed by atoms with Crippen molar-refractivity contribution in [1.29, 1.82) is 5.41 Å². The number of guanidine groups is 1. The predicted octanol–water partition coefficient (Wildman–Crippen LogP) is 0.781. The van der Waals surface area contributed by atoms with E-state index in [9.17, 15) is 13.2 Å². The van der Waals surface area contributed by atoms with Gasteiger partial charge in [0.15, 0.2) is 5.96 Å². The van der Waals surface area contributed by atoms with E-state index in [0.717, 1.165) is 0 Å². The molecule has 0 aromatic heterocycles. The van der Waals surface area contributed by atoms with Crippen LogP contribution in [0.5, 0.6) is 0 Å². The maximum Gasteiger partial charge on any atom is 0.398 e. The number of nitrogens with two attached hydrogens (primary N) is 1. The van der Waals surface area contributed by atoms with Crippen LogP contribution in [0.3, 0.4) is 0 Å². The lowest BCUT2D eigenvalue weighted by atomic mass is 9.87. The van der Waals surface area contributed by atoms with Gasteiger partial charge in [0.25, 0.3) is 0 Å². The fourth-order valence-corrected chi connectivity index (χ4v) is 1.79. The number of alkyl halides is 3. The lowest BCUT2D eigenvalue weighted by molar-refractivity contribution is -0.232. The van der Waals surface area contributed by atoms with Crippen molar-refractivity contribution < 1.29 is 17.9 Å². The number of rotatable bonds is 2. The predicted molar refractivity (Wildman–Crippen MR) is 48.5 cm³/mol. The molecule has 0 aromatic carbocycles. The third kappa shape index (κ3) is 2.17. The molecule has 0 aliphatic carbocycles. The fraction of sp³-hybridized carbons (Fsp3) is 0.875. The van der Waals surface area contributed by atoms with Crippen molar-refractivity contribution in [2.75, 3.05) is 26.8 Å². The molecule has 0 unspecified atom stereocenters. The summed E-state index contributed by atoms with van der Waals surface area (Å²) in [5.74, 6) is -0.322. The van der Waals surface area contributed by atoms with Gasteiger partial charge in [-0.05, 0) is 6.42 Å². The largest absolute Gasteiger partial charge is 0.398 e. The van der Waals surface area contributed by atoms with Crippen LogP contribution in [0.2, 0.25) is 0 Å². The number of hydrogen-bond acceptors (Lipinski definition) is 2. The zero-order valence-corrected chi connectivity index (χ0v) is 8.40. The minimum absolute atomic E-state index is 0.0794. The van der Waals surface area contributed by atoms with Crippen LogP contribution in [-0.4, -0.2) is 43.8 Å². The van der Waals surface area contributed by atoms with Crippen LogP contribution in [-0.2, 0) is 4.74 Å². The van der Waals surface area contributed by atoms with Gasteiger partial charge >= 0.3 is 6.18 Å². The van der Waals surface area contributed by atoms with Gasteiger partial charge < -0.3 is 15.4 Å². The van der Waals surface area contributed by atoms with Crippen molar-refractivity contribution in [3.05, 3.63) is 0 Å². The van der Waals surface area contributed by atoms with E-state index in [-0.39, 0.29) is 32.1 Å². The Morgan fingerprint density at radius 2 is 2.20 bits per heavy atom. The lowest BCUT2D eigenvalue weighted by Gasteiger charge is -2.30. The molecule has 1 heterocycles. The summed E-state index contributed by atoms with van der Waals surface area (Å²) in [4.78, 5) is 1.21. The SMILES string of the molecule is COC[C@@]1(C(F)(F)F)CCN(C(=N)N)C1. The average Bonchev–Trinajstić information content (AvgIpc) is 2.49. The summed E-state index contributed by atoms with van der Waals surface area (Å²) in [7, 11) is 1.24. The van der Waals surface area contributed by atoms with Crippen LogP contribution < -0.4 is 5.73 Å². The van der Waals surface area contributed by atoms with Gasteiger partial charge in [-0.2, -0.15) is 13.2 Å². The number of hydrogen-bond donors (Lipinski definition) is 2. The first kappa shape index (κ1) is 12.1. The van der Waals surface area contributed by atoms with E-state index < -0.39 is 11.6 Å². The molecule has 0 bridgehead atoms. The Balaban J connectivity index is 2.83. The van der Waals surface area contributed by atoms with Crippen LogP contribution in [0.15, 0.2) is 0 Å². The molecule has 0 saturated carbocycles. The molecule has 1 fully saturated rings. The third-order valence-corrected chi connectivity index (χ3v) is 2.72. The maximum absolute atomic E-state index is 12.8. The Morgan fingerprint density at radius 3 is 2.53 bits per heavy atom. The molecule has 1 atom stereocenters. The number of ether oxygens (including phenoxy) is 1.